The van der Waals surface area contributed by atoms with Gasteiger partial charge in [0.2, 0.25) is 11.9 Å². The number of halogens is 1. The average molecular weight is 425 g/mol. The SMILES string of the molecule is CC(C)Oc1nc(NCCOCCOCCN)nc(NCc2ccc(Cl)cc2)n1. The van der Waals surface area contributed by atoms with Crippen molar-refractivity contribution in [3.8, 4) is 6.01 Å². The van der Waals surface area contributed by atoms with Crippen LogP contribution in [0, 0.1) is 0 Å². The molecule has 1 aromatic carbocycles. The predicted octanol–water partition coefficient (Wildman–Crippen LogP) is 2.33. The predicted molar refractivity (Wildman–Crippen MR) is 114 cm³/mol. The van der Waals surface area contributed by atoms with Gasteiger partial charge in [-0.25, -0.2) is 0 Å². The summed E-state index contributed by atoms with van der Waals surface area (Å²) >= 11 is 5.92. The standard InChI is InChI=1S/C19H29ClN6O3/c1-14(2)29-19-25-17(22-8-10-28-12-11-27-9-7-21)24-18(26-19)23-13-15-3-5-16(20)6-4-15/h3-6,14H,7-13,21H2,1-2H3,(H2,22,23,24,25,26). The van der Waals surface area contributed by atoms with E-state index in [2.05, 4.69) is 25.6 Å². The van der Waals surface area contributed by atoms with Crippen molar-refractivity contribution in [2.24, 2.45) is 5.73 Å². The van der Waals surface area contributed by atoms with Crippen molar-refractivity contribution in [2.75, 3.05) is 50.2 Å². The fraction of sp³-hybridized carbons (Fsp3) is 0.526. The molecule has 160 valence electrons. The number of anilines is 2. The highest BCUT2D eigenvalue weighted by atomic mass is 35.5. The molecule has 0 aliphatic rings. The van der Waals surface area contributed by atoms with Gasteiger partial charge in [-0.2, -0.15) is 15.0 Å². The lowest BCUT2D eigenvalue weighted by molar-refractivity contribution is 0.0547. The summed E-state index contributed by atoms with van der Waals surface area (Å²) in [5.74, 6) is 0.835. The molecule has 1 heterocycles. The topological polar surface area (TPSA) is 116 Å². The number of benzene rings is 1. The number of nitrogens with two attached hydrogens (primary N) is 1. The smallest absolute Gasteiger partial charge is 0.323 e. The molecule has 0 unspecified atom stereocenters. The first-order valence-electron chi connectivity index (χ1n) is 9.57. The molecule has 1 aromatic heterocycles. The molecule has 10 heteroatoms. The lowest BCUT2D eigenvalue weighted by Gasteiger charge is -2.12. The van der Waals surface area contributed by atoms with E-state index in [1.165, 1.54) is 0 Å². The van der Waals surface area contributed by atoms with Crippen LogP contribution in [0.4, 0.5) is 11.9 Å². The molecule has 29 heavy (non-hydrogen) atoms. The van der Waals surface area contributed by atoms with Crippen molar-refractivity contribution < 1.29 is 14.2 Å². The van der Waals surface area contributed by atoms with E-state index in [0.29, 0.717) is 63.0 Å². The van der Waals surface area contributed by atoms with Gasteiger partial charge in [-0.1, -0.05) is 23.7 Å². The first-order valence-corrected chi connectivity index (χ1v) is 9.95. The number of hydrogen-bond acceptors (Lipinski definition) is 9. The summed E-state index contributed by atoms with van der Waals surface area (Å²) in [6.45, 7) is 7.49. The Morgan fingerprint density at radius 2 is 1.59 bits per heavy atom. The third kappa shape index (κ3) is 9.71. The van der Waals surface area contributed by atoms with Crippen LogP contribution in [0.1, 0.15) is 19.4 Å². The van der Waals surface area contributed by atoms with Gasteiger partial charge in [-0.15, -0.1) is 0 Å². The minimum Gasteiger partial charge on any atom is -0.461 e. The molecular weight excluding hydrogens is 396 g/mol. The maximum Gasteiger partial charge on any atom is 0.323 e. The first-order chi connectivity index (χ1) is 14.1. The van der Waals surface area contributed by atoms with Crippen molar-refractivity contribution in [1.82, 2.24) is 15.0 Å². The van der Waals surface area contributed by atoms with E-state index in [9.17, 15) is 0 Å². The van der Waals surface area contributed by atoms with E-state index >= 15 is 0 Å². The van der Waals surface area contributed by atoms with Gasteiger partial charge in [0.05, 0.1) is 32.5 Å². The number of hydrogen-bond donors (Lipinski definition) is 3. The van der Waals surface area contributed by atoms with Crippen LogP contribution in [0.15, 0.2) is 24.3 Å². The lowest BCUT2D eigenvalue weighted by Crippen LogP contribution is -2.17. The van der Waals surface area contributed by atoms with Gasteiger partial charge in [0.15, 0.2) is 0 Å². The first kappa shape index (κ1) is 23.1. The van der Waals surface area contributed by atoms with Crippen LogP contribution in [-0.2, 0) is 16.0 Å². The van der Waals surface area contributed by atoms with Gasteiger partial charge in [-0.05, 0) is 31.5 Å². The van der Waals surface area contributed by atoms with Crippen LogP contribution in [0.25, 0.3) is 0 Å². The Bertz CT molecular complexity index is 718. The molecule has 2 aromatic rings. The van der Waals surface area contributed by atoms with Crippen molar-refractivity contribution in [3.63, 3.8) is 0 Å². The molecule has 0 fully saturated rings. The quantitative estimate of drug-likeness (QED) is 0.393. The third-order valence-corrected chi connectivity index (χ3v) is 3.74. The Morgan fingerprint density at radius 3 is 2.24 bits per heavy atom. The van der Waals surface area contributed by atoms with Gasteiger partial charge >= 0.3 is 6.01 Å². The van der Waals surface area contributed by atoms with Gasteiger partial charge in [-0.3, -0.25) is 0 Å². The van der Waals surface area contributed by atoms with E-state index in [4.69, 9.17) is 31.5 Å². The zero-order valence-electron chi connectivity index (χ0n) is 16.9. The van der Waals surface area contributed by atoms with E-state index in [1.54, 1.807) is 0 Å². The van der Waals surface area contributed by atoms with Gasteiger partial charge in [0.1, 0.15) is 0 Å². The molecular formula is C19H29ClN6O3. The molecule has 0 spiro atoms. The second-order valence-electron chi connectivity index (χ2n) is 6.35. The number of aromatic nitrogens is 3. The molecule has 0 saturated heterocycles. The second-order valence-corrected chi connectivity index (χ2v) is 6.79. The lowest BCUT2D eigenvalue weighted by atomic mass is 10.2. The zero-order chi connectivity index (χ0) is 20.9. The van der Waals surface area contributed by atoms with Crippen LogP contribution in [0.3, 0.4) is 0 Å². The largest absolute Gasteiger partial charge is 0.461 e. The number of nitrogens with one attached hydrogen (secondary N) is 2. The average Bonchev–Trinajstić information content (AvgIpc) is 2.69. The molecule has 4 N–H and O–H groups in total. The van der Waals surface area contributed by atoms with Gasteiger partial charge in [0, 0.05) is 24.7 Å². The number of ether oxygens (including phenoxy) is 3. The van der Waals surface area contributed by atoms with Crippen LogP contribution < -0.4 is 21.1 Å². The van der Waals surface area contributed by atoms with Crippen molar-refractivity contribution in [3.05, 3.63) is 34.9 Å². The third-order valence-electron chi connectivity index (χ3n) is 3.48. The van der Waals surface area contributed by atoms with Gasteiger partial charge < -0.3 is 30.6 Å². The summed E-state index contributed by atoms with van der Waals surface area (Å²) in [6, 6.07) is 7.82. The highest BCUT2D eigenvalue weighted by Gasteiger charge is 2.09. The molecule has 0 saturated carbocycles. The maximum atomic E-state index is 5.92. The normalized spacial score (nSPS) is 10.9. The Kier molecular flexibility index (Phi) is 10.4. The molecule has 0 radical (unpaired) electrons. The Hall–Kier alpha value is -2.20. The number of rotatable bonds is 14. The monoisotopic (exact) mass is 424 g/mol. The molecule has 2 rings (SSSR count). The highest BCUT2D eigenvalue weighted by Crippen LogP contribution is 2.14. The molecule has 0 amide bonds. The van der Waals surface area contributed by atoms with Crippen LogP contribution in [0.2, 0.25) is 5.02 Å². The van der Waals surface area contributed by atoms with Crippen molar-refractivity contribution in [1.29, 1.82) is 0 Å². The van der Waals surface area contributed by atoms with Crippen LogP contribution in [-0.4, -0.2) is 60.6 Å². The molecule has 0 aliphatic heterocycles. The van der Waals surface area contributed by atoms with Gasteiger partial charge in [0.25, 0.3) is 0 Å². The van der Waals surface area contributed by atoms with Crippen LogP contribution >= 0.6 is 11.6 Å². The summed E-state index contributed by atoms with van der Waals surface area (Å²) < 4.78 is 16.4. The van der Waals surface area contributed by atoms with E-state index < -0.39 is 0 Å². The summed E-state index contributed by atoms with van der Waals surface area (Å²) in [6.07, 6.45) is -0.0498. The molecule has 9 nitrogen and oxygen atoms in total. The fourth-order valence-corrected chi connectivity index (χ4v) is 2.33. The Balaban J connectivity index is 1.87. The summed E-state index contributed by atoms with van der Waals surface area (Å²) in [5.41, 5.74) is 6.41. The zero-order valence-corrected chi connectivity index (χ0v) is 17.6. The number of nitrogens with zero attached hydrogens (tertiary/aromatic N) is 3. The Morgan fingerprint density at radius 1 is 0.931 bits per heavy atom. The molecule has 0 bridgehead atoms. The minimum absolute atomic E-state index is 0.0498. The van der Waals surface area contributed by atoms with E-state index in [0.717, 1.165) is 5.56 Å². The maximum absolute atomic E-state index is 5.92. The summed E-state index contributed by atoms with van der Waals surface area (Å²) in [7, 11) is 0. The summed E-state index contributed by atoms with van der Waals surface area (Å²) in [5, 5.41) is 7.00. The second kappa shape index (κ2) is 13.1. The van der Waals surface area contributed by atoms with Crippen molar-refractivity contribution in [2.45, 2.75) is 26.5 Å². The molecule has 0 atom stereocenters. The Labute approximate surface area is 176 Å². The fourth-order valence-electron chi connectivity index (χ4n) is 2.20. The van der Waals surface area contributed by atoms with E-state index in [1.807, 2.05) is 38.1 Å². The summed E-state index contributed by atoms with van der Waals surface area (Å²) in [4.78, 5) is 13.0. The minimum atomic E-state index is -0.0498. The molecule has 0 aliphatic carbocycles. The highest BCUT2D eigenvalue weighted by molar-refractivity contribution is 6.30. The van der Waals surface area contributed by atoms with Crippen molar-refractivity contribution >= 4 is 23.5 Å². The van der Waals surface area contributed by atoms with Crippen LogP contribution in [0.5, 0.6) is 6.01 Å². The van der Waals surface area contributed by atoms with E-state index in [-0.39, 0.29) is 12.1 Å².